The smallest absolute Gasteiger partial charge is 0.254 e. The third kappa shape index (κ3) is 2.05. The van der Waals surface area contributed by atoms with Crippen LogP contribution in [0, 0.1) is 6.92 Å². The first kappa shape index (κ1) is 12.0. The number of amides is 1. The molecule has 2 heterocycles. The molecule has 98 valence electrons. The number of aromatic amines is 1. The number of benzene rings is 1. The number of fused-ring (bicyclic) bond motifs is 1. The van der Waals surface area contributed by atoms with Gasteiger partial charge in [-0.25, -0.2) is 0 Å². The van der Waals surface area contributed by atoms with Gasteiger partial charge in [0.1, 0.15) is 0 Å². The van der Waals surface area contributed by atoms with Crippen LogP contribution in [0.4, 0.5) is 0 Å². The van der Waals surface area contributed by atoms with Gasteiger partial charge in [-0.2, -0.15) is 0 Å². The minimum absolute atomic E-state index is 0.0176. The third-order valence-electron chi connectivity index (χ3n) is 3.59. The van der Waals surface area contributed by atoms with Gasteiger partial charge < -0.3 is 10.3 Å². The summed E-state index contributed by atoms with van der Waals surface area (Å²) in [6.45, 7) is 6.15. The molecule has 0 saturated heterocycles. The summed E-state index contributed by atoms with van der Waals surface area (Å²) in [5.74, 6) is 0.0176. The molecule has 0 aliphatic carbocycles. The average Bonchev–Trinajstić information content (AvgIpc) is 2.71. The van der Waals surface area contributed by atoms with Crippen LogP contribution in [-0.2, 0) is 6.42 Å². The summed E-state index contributed by atoms with van der Waals surface area (Å²) in [4.78, 5) is 15.6. The molecule has 1 aliphatic rings. The van der Waals surface area contributed by atoms with Crippen molar-refractivity contribution in [3.63, 3.8) is 0 Å². The van der Waals surface area contributed by atoms with Crippen molar-refractivity contribution in [2.75, 3.05) is 0 Å². The highest BCUT2D eigenvalue weighted by molar-refractivity contribution is 6.03. The summed E-state index contributed by atoms with van der Waals surface area (Å²) in [5.41, 5.74) is 4.93. The largest absolute Gasteiger partial charge is 0.364 e. The Kier molecular flexibility index (Phi) is 2.52. The number of hydrogen-bond acceptors (Lipinski definition) is 1. The predicted octanol–water partition coefficient (Wildman–Crippen LogP) is 3.05. The number of aryl methyl sites for hydroxylation is 1. The van der Waals surface area contributed by atoms with Crippen molar-refractivity contribution in [1.82, 2.24) is 10.3 Å². The summed E-state index contributed by atoms with van der Waals surface area (Å²) < 4.78 is 0. The maximum atomic E-state index is 12.3. The normalized spacial score (nSPS) is 16.9. The topological polar surface area (TPSA) is 44.9 Å². The zero-order valence-corrected chi connectivity index (χ0v) is 11.5. The molecule has 0 radical (unpaired) electrons. The van der Waals surface area contributed by atoms with Gasteiger partial charge in [0, 0.05) is 29.4 Å². The number of aromatic nitrogens is 1. The van der Waals surface area contributed by atoms with E-state index < -0.39 is 0 Å². The molecule has 3 nitrogen and oxygen atoms in total. The van der Waals surface area contributed by atoms with Gasteiger partial charge in [0.15, 0.2) is 0 Å². The third-order valence-corrected chi connectivity index (χ3v) is 3.59. The highest BCUT2D eigenvalue weighted by atomic mass is 16.1. The fourth-order valence-electron chi connectivity index (χ4n) is 2.76. The number of H-pyrrole nitrogens is 1. The Balaban J connectivity index is 2.12. The zero-order chi connectivity index (χ0) is 13.6. The fourth-order valence-corrected chi connectivity index (χ4v) is 2.76. The van der Waals surface area contributed by atoms with E-state index in [1.165, 1.54) is 5.56 Å². The molecule has 1 aromatic carbocycles. The molecule has 0 bridgehead atoms. The summed E-state index contributed by atoms with van der Waals surface area (Å²) >= 11 is 0. The first-order chi connectivity index (χ1) is 8.96. The van der Waals surface area contributed by atoms with Gasteiger partial charge in [-0.3, -0.25) is 4.79 Å². The number of nitrogens with one attached hydrogen (secondary N) is 2. The van der Waals surface area contributed by atoms with E-state index in [0.717, 1.165) is 28.8 Å². The molecule has 0 saturated carbocycles. The van der Waals surface area contributed by atoms with Crippen LogP contribution in [0.25, 0.3) is 11.1 Å². The standard InChI is InChI=1S/C16H18N2O/c1-10-5-4-6-11(7-10)12-9-17-13-8-16(2,3)18-15(19)14(12)13/h4-7,9,17H,8H2,1-3H3,(H,18,19). The number of carbonyl (C=O) groups excluding carboxylic acids is 1. The molecular weight excluding hydrogens is 236 g/mol. The molecule has 0 fully saturated rings. The SMILES string of the molecule is Cc1cccc(-c2c[nH]c3c2C(=O)NC(C)(C)C3)c1. The second-order valence-electron chi connectivity index (χ2n) is 5.94. The first-order valence-corrected chi connectivity index (χ1v) is 6.56. The van der Waals surface area contributed by atoms with Crippen LogP contribution < -0.4 is 5.32 Å². The van der Waals surface area contributed by atoms with Crippen molar-refractivity contribution in [3.8, 4) is 11.1 Å². The Bertz CT molecular complexity index is 653. The van der Waals surface area contributed by atoms with Gasteiger partial charge in [0.05, 0.1) is 5.56 Å². The van der Waals surface area contributed by atoms with E-state index in [1.807, 2.05) is 32.2 Å². The Labute approximate surface area is 113 Å². The van der Waals surface area contributed by atoms with Crippen LogP contribution in [0.5, 0.6) is 0 Å². The summed E-state index contributed by atoms with van der Waals surface area (Å²) in [6, 6.07) is 8.24. The van der Waals surface area contributed by atoms with Crippen LogP contribution in [0.3, 0.4) is 0 Å². The second-order valence-corrected chi connectivity index (χ2v) is 5.94. The zero-order valence-electron chi connectivity index (χ0n) is 11.5. The van der Waals surface area contributed by atoms with Crippen molar-refractivity contribution in [2.45, 2.75) is 32.7 Å². The van der Waals surface area contributed by atoms with Crippen LogP contribution >= 0.6 is 0 Å². The monoisotopic (exact) mass is 254 g/mol. The van der Waals surface area contributed by atoms with E-state index >= 15 is 0 Å². The Hall–Kier alpha value is -2.03. The van der Waals surface area contributed by atoms with E-state index in [-0.39, 0.29) is 11.4 Å². The molecule has 0 spiro atoms. The lowest BCUT2D eigenvalue weighted by atomic mass is 9.89. The van der Waals surface area contributed by atoms with Crippen LogP contribution in [0.2, 0.25) is 0 Å². The highest BCUT2D eigenvalue weighted by Gasteiger charge is 2.33. The van der Waals surface area contributed by atoms with E-state index in [9.17, 15) is 4.79 Å². The van der Waals surface area contributed by atoms with Crippen molar-refractivity contribution >= 4 is 5.91 Å². The van der Waals surface area contributed by atoms with Crippen molar-refractivity contribution in [2.24, 2.45) is 0 Å². The predicted molar refractivity (Wildman–Crippen MR) is 76.2 cm³/mol. The minimum Gasteiger partial charge on any atom is -0.364 e. The molecule has 3 rings (SSSR count). The molecule has 3 heteroatoms. The van der Waals surface area contributed by atoms with Gasteiger partial charge in [-0.05, 0) is 26.3 Å². The Morgan fingerprint density at radius 3 is 2.79 bits per heavy atom. The molecule has 1 aliphatic heterocycles. The quantitative estimate of drug-likeness (QED) is 0.807. The number of rotatable bonds is 1. The van der Waals surface area contributed by atoms with Gasteiger partial charge in [0.2, 0.25) is 0 Å². The average molecular weight is 254 g/mol. The number of carbonyl (C=O) groups is 1. The maximum absolute atomic E-state index is 12.3. The molecule has 2 aromatic rings. The van der Waals surface area contributed by atoms with Gasteiger partial charge in [0.25, 0.3) is 5.91 Å². The highest BCUT2D eigenvalue weighted by Crippen LogP contribution is 2.31. The minimum atomic E-state index is -0.182. The van der Waals surface area contributed by atoms with Crippen molar-refractivity contribution < 1.29 is 4.79 Å². The van der Waals surface area contributed by atoms with Gasteiger partial charge in [-0.15, -0.1) is 0 Å². The lowest BCUT2D eigenvalue weighted by molar-refractivity contribution is 0.0897. The summed E-state index contributed by atoms with van der Waals surface area (Å²) in [6.07, 6.45) is 2.78. The van der Waals surface area contributed by atoms with Gasteiger partial charge >= 0.3 is 0 Å². The van der Waals surface area contributed by atoms with Crippen molar-refractivity contribution in [1.29, 1.82) is 0 Å². The molecular formula is C16H18N2O. The lowest BCUT2D eigenvalue weighted by Crippen LogP contribution is -2.49. The lowest BCUT2D eigenvalue weighted by Gasteiger charge is -2.31. The Morgan fingerprint density at radius 1 is 1.26 bits per heavy atom. The van der Waals surface area contributed by atoms with Crippen molar-refractivity contribution in [3.05, 3.63) is 47.3 Å². The Morgan fingerprint density at radius 2 is 2.05 bits per heavy atom. The van der Waals surface area contributed by atoms with Gasteiger partial charge in [-0.1, -0.05) is 29.8 Å². The van der Waals surface area contributed by atoms with E-state index in [2.05, 4.69) is 29.4 Å². The van der Waals surface area contributed by atoms with E-state index in [0.29, 0.717) is 0 Å². The maximum Gasteiger partial charge on any atom is 0.254 e. The molecule has 0 unspecified atom stereocenters. The second kappa shape index (κ2) is 3.98. The molecule has 19 heavy (non-hydrogen) atoms. The molecule has 1 amide bonds. The number of hydrogen-bond donors (Lipinski definition) is 2. The summed E-state index contributed by atoms with van der Waals surface area (Å²) in [7, 11) is 0. The first-order valence-electron chi connectivity index (χ1n) is 6.56. The van der Waals surface area contributed by atoms with E-state index in [4.69, 9.17) is 0 Å². The van der Waals surface area contributed by atoms with Crippen LogP contribution in [0.1, 0.15) is 35.5 Å². The molecule has 1 aromatic heterocycles. The van der Waals surface area contributed by atoms with Crippen LogP contribution in [0.15, 0.2) is 30.5 Å². The molecule has 2 N–H and O–H groups in total. The molecule has 0 atom stereocenters. The van der Waals surface area contributed by atoms with E-state index in [1.54, 1.807) is 0 Å². The van der Waals surface area contributed by atoms with Crippen LogP contribution in [-0.4, -0.2) is 16.4 Å². The summed E-state index contributed by atoms with van der Waals surface area (Å²) in [5, 5.41) is 3.06. The fraction of sp³-hybridized carbons (Fsp3) is 0.312.